The van der Waals surface area contributed by atoms with Crippen molar-refractivity contribution < 1.29 is 18.1 Å². The minimum absolute atomic E-state index is 0.250. The van der Waals surface area contributed by atoms with Gasteiger partial charge in [-0.1, -0.05) is 6.07 Å². The predicted molar refractivity (Wildman–Crippen MR) is 82.9 cm³/mol. The molecule has 0 saturated heterocycles. The molecule has 0 saturated carbocycles. The van der Waals surface area contributed by atoms with Gasteiger partial charge in [0.05, 0.1) is 4.90 Å². The smallest absolute Gasteiger partial charge is 0.294 e. The fraction of sp³-hybridized carbons (Fsp3) is 0. The van der Waals surface area contributed by atoms with Crippen molar-refractivity contribution >= 4 is 26.6 Å². The summed E-state index contributed by atoms with van der Waals surface area (Å²) >= 11 is 0. The molecule has 0 radical (unpaired) electrons. The molecule has 2 rings (SSSR count). The Hall–Kier alpha value is -3.58. The molecule has 24 heavy (non-hydrogen) atoms. The number of nitriles is 3. The number of benzene rings is 2. The fourth-order valence-corrected chi connectivity index (χ4v) is 2.50. The van der Waals surface area contributed by atoms with Crippen molar-refractivity contribution in [1.82, 2.24) is 0 Å². The lowest BCUT2D eigenvalue weighted by Crippen LogP contribution is -2.01. The summed E-state index contributed by atoms with van der Waals surface area (Å²) in [5.41, 5.74) is -0.353. The van der Waals surface area contributed by atoms with Crippen molar-refractivity contribution in [2.24, 2.45) is 0 Å². The Morgan fingerprint density at radius 1 is 1.04 bits per heavy atom. The van der Waals surface area contributed by atoms with Gasteiger partial charge in [-0.25, -0.2) is 0 Å². The molecule has 0 amide bonds. The molecule has 3 N–H and O–H groups in total. The van der Waals surface area contributed by atoms with E-state index in [9.17, 15) is 13.5 Å². The molecule has 118 valence electrons. The molecule has 0 bridgehead atoms. The van der Waals surface area contributed by atoms with Gasteiger partial charge < -0.3 is 10.4 Å². The zero-order chi connectivity index (χ0) is 17.9. The molecule has 2 aromatic carbocycles. The molecule has 0 unspecified atom stereocenters. The van der Waals surface area contributed by atoms with E-state index in [1.165, 1.54) is 24.3 Å². The molecule has 0 fully saturated rings. The number of anilines is 1. The second kappa shape index (κ2) is 6.27. The van der Waals surface area contributed by atoms with Gasteiger partial charge in [0.15, 0.2) is 5.57 Å². The van der Waals surface area contributed by atoms with Crippen LogP contribution in [0.5, 0.6) is 5.75 Å². The Morgan fingerprint density at radius 2 is 1.71 bits per heavy atom. The lowest BCUT2D eigenvalue weighted by Gasteiger charge is -2.08. The maximum atomic E-state index is 11.1. The second-order valence-corrected chi connectivity index (χ2v) is 5.99. The third kappa shape index (κ3) is 3.26. The molecule has 0 atom stereocenters. The van der Waals surface area contributed by atoms with Crippen LogP contribution in [0.4, 0.5) is 5.69 Å². The van der Waals surface area contributed by atoms with Crippen LogP contribution in [0.15, 0.2) is 46.5 Å². The first kappa shape index (κ1) is 16.8. The van der Waals surface area contributed by atoms with E-state index in [1.54, 1.807) is 18.2 Å². The molecule has 8 nitrogen and oxygen atoms in total. The highest BCUT2D eigenvalue weighted by Crippen LogP contribution is 2.31. The third-order valence-electron chi connectivity index (χ3n) is 3.06. The first-order chi connectivity index (χ1) is 11.3. The average molecular weight is 340 g/mol. The van der Waals surface area contributed by atoms with Gasteiger partial charge in [-0.3, -0.25) is 4.55 Å². The largest absolute Gasteiger partial charge is 0.507 e. The standard InChI is InChI=1S/C15H8N4O4S/c16-6-10(7-17)14(8-18)19-11-2-1-9-3-12(24(21,22)23)5-15(20)13(9)4-11/h1-5,19-20H,(H,21,22,23). The first-order valence-corrected chi connectivity index (χ1v) is 7.70. The number of allylic oxidation sites excluding steroid dienone is 2. The summed E-state index contributed by atoms with van der Waals surface area (Å²) in [6.07, 6.45) is 0. The van der Waals surface area contributed by atoms with Gasteiger partial charge in [0, 0.05) is 17.1 Å². The topological polar surface area (TPSA) is 158 Å². The Balaban J connectivity index is 2.57. The monoisotopic (exact) mass is 340 g/mol. The van der Waals surface area contributed by atoms with Crippen molar-refractivity contribution in [2.45, 2.75) is 4.90 Å². The van der Waals surface area contributed by atoms with Gasteiger partial charge in [0.2, 0.25) is 0 Å². The van der Waals surface area contributed by atoms with Gasteiger partial charge in [-0.05, 0) is 23.6 Å². The van der Waals surface area contributed by atoms with E-state index >= 15 is 0 Å². The quantitative estimate of drug-likeness (QED) is 0.565. The molecule has 0 aromatic heterocycles. The number of phenols is 1. The summed E-state index contributed by atoms with van der Waals surface area (Å²) in [4.78, 5) is -0.456. The fourth-order valence-electron chi connectivity index (χ4n) is 1.97. The maximum absolute atomic E-state index is 11.1. The normalized spacial score (nSPS) is 10.2. The molecular formula is C15H8N4O4S. The van der Waals surface area contributed by atoms with E-state index in [4.69, 9.17) is 20.3 Å². The number of aromatic hydroxyl groups is 1. The number of fused-ring (bicyclic) bond motifs is 1. The van der Waals surface area contributed by atoms with E-state index in [2.05, 4.69) is 5.32 Å². The average Bonchev–Trinajstić information content (AvgIpc) is 2.54. The Labute approximate surface area is 136 Å². The molecule has 2 aromatic rings. The molecule has 0 heterocycles. The van der Waals surface area contributed by atoms with E-state index in [0.717, 1.165) is 6.07 Å². The maximum Gasteiger partial charge on any atom is 0.294 e. The molecular weight excluding hydrogens is 332 g/mol. The lowest BCUT2D eigenvalue weighted by molar-refractivity contribution is 0.471. The summed E-state index contributed by atoms with van der Waals surface area (Å²) in [7, 11) is -4.47. The highest BCUT2D eigenvalue weighted by atomic mass is 32.2. The van der Waals surface area contributed by atoms with Crippen molar-refractivity contribution in [3.63, 3.8) is 0 Å². The second-order valence-electron chi connectivity index (χ2n) is 4.56. The Kier molecular flexibility index (Phi) is 4.38. The van der Waals surface area contributed by atoms with E-state index in [1.807, 2.05) is 0 Å². The van der Waals surface area contributed by atoms with Crippen molar-refractivity contribution in [3.05, 3.63) is 41.6 Å². The van der Waals surface area contributed by atoms with Gasteiger partial charge in [0.25, 0.3) is 10.1 Å². The van der Waals surface area contributed by atoms with Crippen LogP contribution in [0.1, 0.15) is 0 Å². The summed E-state index contributed by atoms with van der Waals surface area (Å²) in [5, 5.41) is 39.7. The summed E-state index contributed by atoms with van der Waals surface area (Å²) in [5.74, 6) is -0.396. The Morgan fingerprint density at radius 3 is 2.25 bits per heavy atom. The summed E-state index contributed by atoms with van der Waals surface area (Å²) < 4.78 is 31.3. The lowest BCUT2D eigenvalue weighted by atomic mass is 10.1. The van der Waals surface area contributed by atoms with E-state index < -0.39 is 26.3 Å². The van der Waals surface area contributed by atoms with Crippen molar-refractivity contribution in [3.8, 4) is 24.0 Å². The number of nitrogens with zero attached hydrogens (tertiary/aromatic N) is 3. The molecule has 0 aliphatic heterocycles. The molecule has 0 spiro atoms. The minimum atomic E-state index is -4.47. The number of hydrogen-bond acceptors (Lipinski definition) is 7. The van der Waals surface area contributed by atoms with E-state index in [0.29, 0.717) is 11.1 Å². The van der Waals surface area contributed by atoms with Gasteiger partial charge in [0.1, 0.15) is 29.7 Å². The zero-order valence-electron chi connectivity index (χ0n) is 11.8. The molecule has 0 aliphatic rings. The first-order valence-electron chi connectivity index (χ1n) is 6.26. The molecule has 9 heteroatoms. The highest BCUT2D eigenvalue weighted by Gasteiger charge is 2.14. The van der Waals surface area contributed by atoms with Gasteiger partial charge in [-0.2, -0.15) is 24.2 Å². The predicted octanol–water partition coefficient (Wildman–Crippen LogP) is 2.03. The summed E-state index contributed by atoms with van der Waals surface area (Å²) in [6.45, 7) is 0. The van der Waals surface area contributed by atoms with Crippen LogP contribution in [-0.4, -0.2) is 18.1 Å². The number of hydrogen-bond donors (Lipinski definition) is 3. The van der Waals surface area contributed by atoms with Crippen molar-refractivity contribution in [1.29, 1.82) is 15.8 Å². The van der Waals surface area contributed by atoms with Crippen LogP contribution < -0.4 is 5.32 Å². The van der Waals surface area contributed by atoms with Crippen LogP contribution in [0.2, 0.25) is 0 Å². The minimum Gasteiger partial charge on any atom is -0.507 e. The van der Waals surface area contributed by atoms with Crippen molar-refractivity contribution in [2.75, 3.05) is 5.32 Å². The Bertz CT molecular complexity index is 1080. The highest BCUT2D eigenvalue weighted by molar-refractivity contribution is 7.85. The van der Waals surface area contributed by atoms with Gasteiger partial charge in [-0.15, -0.1) is 0 Å². The van der Waals surface area contributed by atoms with Crippen LogP contribution in [-0.2, 0) is 10.1 Å². The number of rotatable bonds is 3. The third-order valence-corrected chi connectivity index (χ3v) is 3.89. The number of nitrogens with one attached hydrogen (secondary N) is 1. The van der Waals surface area contributed by atoms with Gasteiger partial charge >= 0.3 is 0 Å². The van der Waals surface area contributed by atoms with Crippen LogP contribution in [0.3, 0.4) is 0 Å². The van der Waals surface area contributed by atoms with E-state index in [-0.39, 0.29) is 11.1 Å². The van der Waals surface area contributed by atoms with Crippen LogP contribution in [0, 0.1) is 34.0 Å². The van der Waals surface area contributed by atoms with Crippen LogP contribution in [0.25, 0.3) is 10.8 Å². The summed E-state index contributed by atoms with van der Waals surface area (Å²) in [6, 6.07) is 11.2. The zero-order valence-corrected chi connectivity index (χ0v) is 12.7. The SMILES string of the molecule is N#CC(C#N)=C(C#N)Nc1ccc2cc(S(=O)(=O)O)cc(O)c2c1. The molecule has 0 aliphatic carbocycles. The number of phenolic OH excluding ortho intramolecular Hbond substituents is 1. The van der Waals surface area contributed by atoms with Crippen LogP contribution >= 0.6 is 0 Å².